The molecule has 0 radical (unpaired) electrons. The van der Waals surface area contributed by atoms with Crippen molar-refractivity contribution in [2.24, 2.45) is 17.6 Å². The van der Waals surface area contributed by atoms with Crippen LogP contribution in [0.2, 0.25) is 0 Å². The van der Waals surface area contributed by atoms with Crippen LogP contribution in [-0.2, 0) is 4.74 Å². The van der Waals surface area contributed by atoms with Crippen molar-refractivity contribution >= 4 is 0 Å². The maximum absolute atomic E-state index is 6.30. The standard InChI is InChI=1S/C13H26N2O/c1-10(2)7-15(12-3-4-12)8-13(14)11-5-6-16-9-11/h10-13H,3-9,14H2,1-2H3. The lowest BCUT2D eigenvalue weighted by atomic mass is 9.99. The van der Waals surface area contributed by atoms with Gasteiger partial charge in [0.25, 0.3) is 0 Å². The Bertz CT molecular complexity index is 210. The number of hydrogen-bond acceptors (Lipinski definition) is 3. The van der Waals surface area contributed by atoms with E-state index in [9.17, 15) is 0 Å². The summed E-state index contributed by atoms with van der Waals surface area (Å²) < 4.78 is 5.42. The van der Waals surface area contributed by atoms with Crippen LogP contribution in [0.1, 0.15) is 33.1 Å². The Morgan fingerprint density at radius 3 is 2.50 bits per heavy atom. The molecule has 0 amide bonds. The van der Waals surface area contributed by atoms with E-state index >= 15 is 0 Å². The van der Waals surface area contributed by atoms with E-state index in [0.717, 1.165) is 38.1 Å². The first-order valence-electron chi connectivity index (χ1n) is 6.74. The highest BCUT2D eigenvalue weighted by Crippen LogP contribution is 2.28. The molecule has 2 aliphatic rings. The van der Waals surface area contributed by atoms with Crippen LogP contribution in [0.5, 0.6) is 0 Å². The quantitative estimate of drug-likeness (QED) is 0.745. The number of hydrogen-bond donors (Lipinski definition) is 1. The molecule has 1 saturated carbocycles. The van der Waals surface area contributed by atoms with Crippen molar-refractivity contribution in [1.29, 1.82) is 0 Å². The number of ether oxygens (including phenoxy) is 1. The van der Waals surface area contributed by atoms with Gasteiger partial charge in [-0.2, -0.15) is 0 Å². The molecule has 3 nitrogen and oxygen atoms in total. The Morgan fingerprint density at radius 2 is 2.00 bits per heavy atom. The lowest BCUT2D eigenvalue weighted by Crippen LogP contribution is -2.44. The molecule has 3 heteroatoms. The minimum atomic E-state index is 0.307. The van der Waals surface area contributed by atoms with Crippen LogP contribution in [0, 0.1) is 11.8 Å². The predicted octanol–water partition coefficient (Wildman–Crippen LogP) is 1.47. The maximum atomic E-state index is 6.30. The smallest absolute Gasteiger partial charge is 0.0510 e. The highest BCUT2D eigenvalue weighted by atomic mass is 16.5. The van der Waals surface area contributed by atoms with Gasteiger partial charge in [-0.3, -0.25) is 4.90 Å². The van der Waals surface area contributed by atoms with Crippen LogP contribution in [-0.4, -0.2) is 43.3 Å². The van der Waals surface area contributed by atoms with Crippen molar-refractivity contribution in [2.45, 2.75) is 45.2 Å². The molecule has 0 aromatic rings. The Morgan fingerprint density at radius 1 is 1.25 bits per heavy atom. The van der Waals surface area contributed by atoms with Crippen LogP contribution in [0.4, 0.5) is 0 Å². The molecule has 2 rings (SSSR count). The molecular weight excluding hydrogens is 200 g/mol. The van der Waals surface area contributed by atoms with Crippen molar-refractivity contribution < 1.29 is 4.74 Å². The zero-order chi connectivity index (χ0) is 11.5. The van der Waals surface area contributed by atoms with Gasteiger partial charge in [0.05, 0.1) is 6.61 Å². The zero-order valence-corrected chi connectivity index (χ0v) is 10.7. The minimum absolute atomic E-state index is 0.307. The summed E-state index contributed by atoms with van der Waals surface area (Å²) >= 11 is 0. The number of nitrogens with two attached hydrogens (primary N) is 1. The Labute approximate surface area is 99.3 Å². The van der Waals surface area contributed by atoms with Gasteiger partial charge in [0.1, 0.15) is 0 Å². The second-order valence-corrected chi connectivity index (χ2v) is 5.87. The van der Waals surface area contributed by atoms with Gasteiger partial charge >= 0.3 is 0 Å². The number of nitrogens with zero attached hydrogens (tertiary/aromatic N) is 1. The van der Waals surface area contributed by atoms with Gasteiger partial charge < -0.3 is 10.5 Å². The van der Waals surface area contributed by atoms with E-state index < -0.39 is 0 Å². The largest absolute Gasteiger partial charge is 0.381 e. The molecule has 1 aliphatic carbocycles. The molecule has 2 unspecified atom stereocenters. The molecule has 0 aromatic carbocycles. The fraction of sp³-hybridized carbons (Fsp3) is 1.00. The predicted molar refractivity (Wildman–Crippen MR) is 66.3 cm³/mol. The van der Waals surface area contributed by atoms with Crippen LogP contribution in [0.3, 0.4) is 0 Å². The van der Waals surface area contributed by atoms with E-state index in [1.54, 1.807) is 0 Å². The van der Waals surface area contributed by atoms with Crippen LogP contribution in [0.15, 0.2) is 0 Å². The lowest BCUT2D eigenvalue weighted by molar-refractivity contribution is 0.163. The first kappa shape index (κ1) is 12.3. The second kappa shape index (κ2) is 5.48. The van der Waals surface area contributed by atoms with E-state index in [-0.39, 0.29) is 0 Å². The monoisotopic (exact) mass is 226 g/mol. The van der Waals surface area contributed by atoms with Crippen molar-refractivity contribution in [3.8, 4) is 0 Å². The van der Waals surface area contributed by atoms with Gasteiger partial charge in [0, 0.05) is 37.7 Å². The van der Waals surface area contributed by atoms with E-state index in [4.69, 9.17) is 10.5 Å². The molecule has 1 saturated heterocycles. The summed E-state index contributed by atoms with van der Waals surface area (Å²) in [6.45, 7) is 8.63. The third-order valence-corrected chi connectivity index (χ3v) is 3.68. The Hall–Kier alpha value is -0.120. The third kappa shape index (κ3) is 3.44. The van der Waals surface area contributed by atoms with E-state index in [1.807, 2.05) is 0 Å². The summed E-state index contributed by atoms with van der Waals surface area (Å²) in [7, 11) is 0. The van der Waals surface area contributed by atoms with Crippen LogP contribution in [0.25, 0.3) is 0 Å². The summed E-state index contributed by atoms with van der Waals surface area (Å²) in [4.78, 5) is 2.60. The highest BCUT2D eigenvalue weighted by molar-refractivity contribution is 4.88. The van der Waals surface area contributed by atoms with E-state index in [2.05, 4.69) is 18.7 Å². The van der Waals surface area contributed by atoms with Gasteiger partial charge in [-0.1, -0.05) is 13.8 Å². The van der Waals surface area contributed by atoms with Gasteiger partial charge in [-0.05, 0) is 25.2 Å². The van der Waals surface area contributed by atoms with Crippen LogP contribution < -0.4 is 5.73 Å². The van der Waals surface area contributed by atoms with Crippen LogP contribution >= 0.6 is 0 Å². The lowest BCUT2D eigenvalue weighted by Gasteiger charge is -2.29. The fourth-order valence-corrected chi connectivity index (χ4v) is 2.59. The molecule has 0 bridgehead atoms. The zero-order valence-electron chi connectivity index (χ0n) is 10.7. The average Bonchev–Trinajstić information content (AvgIpc) is 2.91. The normalized spacial score (nSPS) is 27.9. The van der Waals surface area contributed by atoms with E-state index in [1.165, 1.54) is 19.4 Å². The van der Waals surface area contributed by atoms with Gasteiger partial charge in [0.2, 0.25) is 0 Å². The highest BCUT2D eigenvalue weighted by Gasteiger charge is 2.32. The second-order valence-electron chi connectivity index (χ2n) is 5.87. The molecule has 1 heterocycles. The Kier molecular flexibility index (Phi) is 4.22. The summed E-state index contributed by atoms with van der Waals surface area (Å²) in [5.74, 6) is 1.33. The average molecular weight is 226 g/mol. The summed E-state index contributed by atoms with van der Waals surface area (Å²) in [6, 6.07) is 1.14. The van der Waals surface area contributed by atoms with Gasteiger partial charge in [-0.25, -0.2) is 0 Å². The fourth-order valence-electron chi connectivity index (χ4n) is 2.59. The molecule has 2 atom stereocenters. The molecular formula is C13H26N2O. The number of rotatable bonds is 6. The van der Waals surface area contributed by atoms with Gasteiger partial charge in [-0.15, -0.1) is 0 Å². The topological polar surface area (TPSA) is 38.5 Å². The van der Waals surface area contributed by atoms with Crippen molar-refractivity contribution in [3.05, 3.63) is 0 Å². The molecule has 2 fully saturated rings. The molecule has 2 N–H and O–H groups in total. The molecule has 0 aromatic heterocycles. The SMILES string of the molecule is CC(C)CN(CC(N)C1CCOC1)C1CC1. The maximum Gasteiger partial charge on any atom is 0.0510 e. The van der Waals surface area contributed by atoms with Gasteiger partial charge in [0.15, 0.2) is 0 Å². The molecule has 0 spiro atoms. The van der Waals surface area contributed by atoms with E-state index in [0.29, 0.717) is 12.0 Å². The first-order chi connectivity index (χ1) is 7.66. The Balaban J connectivity index is 1.79. The molecule has 16 heavy (non-hydrogen) atoms. The summed E-state index contributed by atoms with van der Waals surface area (Å²) in [5.41, 5.74) is 6.30. The summed E-state index contributed by atoms with van der Waals surface area (Å²) in [5, 5.41) is 0. The molecule has 94 valence electrons. The van der Waals surface area contributed by atoms with Crippen molar-refractivity contribution in [3.63, 3.8) is 0 Å². The van der Waals surface area contributed by atoms with Crippen molar-refractivity contribution in [2.75, 3.05) is 26.3 Å². The van der Waals surface area contributed by atoms with Crippen molar-refractivity contribution in [1.82, 2.24) is 4.90 Å². The molecule has 1 aliphatic heterocycles. The minimum Gasteiger partial charge on any atom is -0.381 e. The first-order valence-corrected chi connectivity index (χ1v) is 6.74. The third-order valence-electron chi connectivity index (χ3n) is 3.68. The summed E-state index contributed by atoms with van der Waals surface area (Å²) in [6.07, 6.45) is 3.91.